The summed E-state index contributed by atoms with van der Waals surface area (Å²) < 4.78 is 0.898. The van der Waals surface area contributed by atoms with E-state index >= 15 is 0 Å². The minimum absolute atomic E-state index is 0.0165. The molecule has 1 aromatic rings. The highest BCUT2D eigenvalue weighted by Gasteiger charge is 2.19. The maximum Gasteiger partial charge on any atom is 0.238 e. The normalized spacial score (nSPS) is 17.1. The van der Waals surface area contributed by atoms with Crippen LogP contribution in [0.3, 0.4) is 0 Å². The van der Waals surface area contributed by atoms with Gasteiger partial charge in [0.2, 0.25) is 5.91 Å². The number of likely N-dealkylation sites (tertiary alicyclic amines) is 1. The van der Waals surface area contributed by atoms with Crippen LogP contribution >= 0.6 is 27.5 Å². The molecule has 1 saturated heterocycles. The molecule has 110 valence electrons. The van der Waals surface area contributed by atoms with E-state index in [4.69, 9.17) is 11.6 Å². The number of carbonyl (C=O) groups excluding carboxylic acids is 1. The van der Waals surface area contributed by atoms with Crippen molar-refractivity contribution < 1.29 is 4.79 Å². The van der Waals surface area contributed by atoms with E-state index in [1.165, 1.54) is 0 Å². The van der Waals surface area contributed by atoms with E-state index in [-0.39, 0.29) is 5.91 Å². The van der Waals surface area contributed by atoms with Crippen molar-refractivity contribution in [2.45, 2.75) is 18.9 Å². The van der Waals surface area contributed by atoms with Gasteiger partial charge in [-0.2, -0.15) is 0 Å². The minimum Gasteiger partial charge on any atom is -0.324 e. The van der Waals surface area contributed by atoms with E-state index in [0.717, 1.165) is 30.4 Å². The minimum atomic E-state index is -0.0165. The van der Waals surface area contributed by atoms with Gasteiger partial charge in [-0.15, -0.1) is 0 Å². The van der Waals surface area contributed by atoms with Gasteiger partial charge in [-0.25, -0.2) is 0 Å². The fourth-order valence-corrected chi connectivity index (χ4v) is 3.08. The number of amides is 1. The number of halogens is 2. The van der Waals surface area contributed by atoms with Crippen LogP contribution in [-0.4, -0.2) is 43.5 Å². The molecule has 0 aromatic heterocycles. The topological polar surface area (TPSA) is 44.4 Å². The fourth-order valence-electron chi connectivity index (χ4n) is 2.36. The Morgan fingerprint density at radius 3 is 2.75 bits per heavy atom. The third kappa shape index (κ3) is 4.45. The van der Waals surface area contributed by atoms with Crippen molar-refractivity contribution in [2.75, 3.05) is 32.0 Å². The molecular weight excluding hydrogens is 342 g/mol. The molecule has 0 aliphatic carbocycles. The van der Waals surface area contributed by atoms with Crippen LogP contribution in [0.2, 0.25) is 5.02 Å². The third-order valence-corrected chi connectivity index (χ3v) is 4.37. The summed E-state index contributed by atoms with van der Waals surface area (Å²) in [6, 6.07) is 6.02. The average molecular weight is 361 g/mol. The van der Waals surface area contributed by atoms with Crippen LogP contribution in [0.5, 0.6) is 0 Å². The van der Waals surface area contributed by atoms with Crippen molar-refractivity contribution in [3.05, 3.63) is 27.7 Å². The summed E-state index contributed by atoms with van der Waals surface area (Å²) in [7, 11) is 1.99. The lowest BCUT2D eigenvalue weighted by Crippen LogP contribution is -2.44. The maximum atomic E-state index is 12.0. The second-order valence-electron chi connectivity index (χ2n) is 5.01. The quantitative estimate of drug-likeness (QED) is 0.868. The summed E-state index contributed by atoms with van der Waals surface area (Å²) in [5.74, 6) is -0.0165. The van der Waals surface area contributed by atoms with Gasteiger partial charge in [0.15, 0.2) is 0 Å². The number of nitrogens with one attached hydrogen (secondary N) is 2. The van der Waals surface area contributed by atoms with Gasteiger partial charge in [0, 0.05) is 23.6 Å². The smallest absolute Gasteiger partial charge is 0.238 e. The zero-order chi connectivity index (χ0) is 14.5. The average Bonchev–Trinajstić information content (AvgIpc) is 2.43. The maximum absolute atomic E-state index is 12.0. The molecule has 1 fully saturated rings. The highest BCUT2D eigenvalue weighted by atomic mass is 79.9. The first-order chi connectivity index (χ1) is 9.58. The molecule has 2 N–H and O–H groups in total. The van der Waals surface area contributed by atoms with Gasteiger partial charge in [0.25, 0.3) is 0 Å². The Hall–Kier alpha value is -0.620. The summed E-state index contributed by atoms with van der Waals surface area (Å²) in [4.78, 5) is 14.2. The predicted molar refractivity (Wildman–Crippen MR) is 86.3 cm³/mol. The lowest BCUT2D eigenvalue weighted by atomic mass is 10.1. The first-order valence-electron chi connectivity index (χ1n) is 6.73. The van der Waals surface area contributed by atoms with Crippen molar-refractivity contribution >= 4 is 39.1 Å². The molecular formula is C14H19BrClN3O. The Bertz CT molecular complexity index is 475. The zero-order valence-electron chi connectivity index (χ0n) is 11.5. The van der Waals surface area contributed by atoms with E-state index in [9.17, 15) is 4.79 Å². The number of anilines is 1. The van der Waals surface area contributed by atoms with Gasteiger partial charge >= 0.3 is 0 Å². The lowest BCUT2D eigenvalue weighted by Gasteiger charge is -2.31. The SMILES string of the molecule is CNC1CCN(CC(=O)Nc2ccc(Br)cc2Cl)CC1. The number of hydrogen-bond donors (Lipinski definition) is 2. The van der Waals surface area contributed by atoms with Gasteiger partial charge in [0.05, 0.1) is 17.3 Å². The number of hydrogen-bond acceptors (Lipinski definition) is 3. The molecule has 1 aromatic carbocycles. The molecule has 0 saturated carbocycles. The molecule has 2 rings (SSSR count). The molecule has 0 atom stereocenters. The van der Waals surface area contributed by atoms with Gasteiger partial charge in [0.1, 0.15) is 0 Å². The molecule has 6 heteroatoms. The van der Waals surface area contributed by atoms with Crippen LogP contribution in [0.4, 0.5) is 5.69 Å². The fraction of sp³-hybridized carbons (Fsp3) is 0.500. The number of rotatable bonds is 4. The van der Waals surface area contributed by atoms with Crippen LogP contribution in [0.15, 0.2) is 22.7 Å². The monoisotopic (exact) mass is 359 g/mol. The molecule has 4 nitrogen and oxygen atoms in total. The first-order valence-corrected chi connectivity index (χ1v) is 7.90. The summed E-state index contributed by atoms with van der Waals surface area (Å²) in [6.07, 6.45) is 2.17. The van der Waals surface area contributed by atoms with Crippen LogP contribution in [0, 0.1) is 0 Å². The summed E-state index contributed by atoms with van der Waals surface area (Å²) in [5.41, 5.74) is 0.657. The Morgan fingerprint density at radius 1 is 1.45 bits per heavy atom. The Morgan fingerprint density at radius 2 is 2.15 bits per heavy atom. The second kappa shape index (κ2) is 7.41. The van der Waals surface area contributed by atoms with Gasteiger partial charge in [-0.1, -0.05) is 27.5 Å². The molecule has 1 amide bonds. The van der Waals surface area contributed by atoms with Crippen molar-refractivity contribution in [3.8, 4) is 0 Å². The van der Waals surface area contributed by atoms with Crippen molar-refractivity contribution in [3.63, 3.8) is 0 Å². The lowest BCUT2D eigenvalue weighted by molar-refractivity contribution is -0.117. The third-order valence-electron chi connectivity index (χ3n) is 3.57. The van der Waals surface area contributed by atoms with E-state index < -0.39 is 0 Å². The van der Waals surface area contributed by atoms with Crippen LogP contribution in [-0.2, 0) is 4.79 Å². The van der Waals surface area contributed by atoms with Crippen molar-refractivity contribution in [1.29, 1.82) is 0 Å². The van der Waals surface area contributed by atoms with Crippen LogP contribution < -0.4 is 10.6 Å². The van der Waals surface area contributed by atoms with E-state index in [1.54, 1.807) is 12.1 Å². The summed E-state index contributed by atoms with van der Waals surface area (Å²) in [5, 5.41) is 6.69. The highest BCUT2D eigenvalue weighted by Crippen LogP contribution is 2.25. The molecule has 0 unspecified atom stereocenters. The van der Waals surface area contributed by atoms with E-state index in [1.807, 2.05) is 13.1 Å². The highest BCUT2D eigenvalue weighted by molar-refractivity contribution is 9.10. The number of nitrogens with zero attached hydrogens (tertiary/aromatic N) is 1. The second-order valence-corrected chi connectivity index (χ2v) is 6.33. The molecule has 1 heterocycles. The molecule has 20 heavy (non-hydrogen) atoms. The largest absolute Gasteiger partial charge is 0.324 e. The van der Waals surface area contributed by atoms with Crippen LogP contribution in [0.1, 0.15) is 12.8 Å². The summed E-state index contributed by atoms with van der Waals surface area (Å²) in [6.45, 7) is 2.32. The number of piperidine rings is 1. The molecule has 0 radical (unpaired) electrons. The standard InChI is InChI=1S/C14H19BrClN3O/c1-17-11-4-6-19(7-5-11)9-14(20)18-13-3-2-10(15)8-12(13)16/h2-3,8,11,17H,4-7,9H2,1H3,(H,18,20). The van der Waals surface area contributed by atoms with Crippen molar-refractivity contribution in [2.24, 2.45) is 0 Å². The van der Waals surface area contributed by atoms with Gasteiger partial charge in [-0.3, -0.25) is 9.69 Å². The van der Waals surface area contributed by atoms with Crippen LogP contribution in [0.25, 0.3) is 0 Å². The molecule has 0 bridgehead atoms. The molecule has 1 aliphatic rings. The number of benzene rings is 1. The molecule has 0 spiro atoms. The Kier molecular flexibility index (Phi) is 5.84. The zero-order valence-corrected chi connectivity index (χ0v) is 13.8. The Labute approximate surface area is 133 Å². The van der Waals surface area contributed by atoms with E-state index in [0.29, 0.717) is 23.3 Å². The number of carbonyl (C=O) groups is 1. The summed E-state index contributed by atoms with van der Waals surface area (Å²) >= 11 is 9.43. The van der Waals surface area contributed by atoms with Crippen molar-refractivity contribution in [1.82, 2.24) is 10.2 Å². The first kappa shape index (κ1) is 15.8. The van der Waals surface area contributed by atoms with Gasteiger partial charge in [-0.05, 0) is 38.1 Å². The Balaban J connectivity index is 1.84. The predicted octanol–water partition coefficient (Wildman–Crippen LogP) is 2.72. The van der Waals surface area contributed by atoms with Gasteiger partial charge < -0.3 is 10.6 Å². The van der Waals surface area contributed by atoms with E-state index in [2.05, 4.69) is 31.5 Å². The molecule has 1 aliphatic heterocycles.